The van der Waals surface area contributed by atoms with Crippen LogP contribution in [0.5, 0.6) is 11.5 Å². The Bertz CT molecular complexity index is 991. The van der Waals surface area contributed by atoms with Gasteiger partial charge in [-0.2, -0.15) is 0 Å². The molecule has 3 N–H and O–H groups in total. The molecule has 0 aromatic heterocycles. The molecule has 1 heterocycles. The number of ether oxygens (including phenoxy) is 2. The number of Topliss-reactive ketones (excluding diaryl/α,β-unsaturated/α-hetero) is 1. The second-order valence-electron chi connectivity index (χ2n) is 6.92. The number of carbonyl (C=O) groups excluding carboxylic acids is 1. The Morgan fingerprint density at radius 2 is 1.76 bits per heavy atom. The van der Waals surface area contributed by atoms with E-state index in [1.165, 1.54) is 14.2 Å². The molecular formula is C20H24N2O6S. The molecule has 0 unspecified atom stereocenters. The highest BCUT2D eigenvalue weighted by atomic mass is 32.2. The third-order valence-electron chi connectivity index (χ3n) is 4.94. The summed E-state index contributed by atoms with van der Waals surface area (Å²) in [5, 5.41) is 10.4. The third-order valence-corrected chi connectivity index (χ3v) is 6.64. The fourth-order valence-corrected chi connectivity index (χ4v) is 5.23. The summed E-state index contributed by atoms with van der Waals surface area (Å²) >= 11 is 0. The van der Waals surface area contributed by atoms with Gasteiger partial charge in [0.25, 0.3) is 0 Å². The molecule has 0 bridgehead atoms. The zero-order chi connectivity index (χ0) is 21.2. The normalized spacial score (nSPS) is 20.2. The molecule has 1 fully saturated rings. The summed E-state index contributed by atoms with van der Waals surface area (Å²) in [7, 11) is -0.407. The van der Waals surface area contributed by atoms with Gasteiger partial charge in [-0.25, -0.2) is 8.42 Å². The molecule has 9 heteroatoms. The minimum atomic E-state index is -3.39. The van der Waals surface area contributed by atoms with Crippen molar-refractivity contribution >= 4 is 27.0 Å². The minimum absolute atomic E-state index is 0.114. The van der Waals surface area contributed by atoms with Crippen LogP contribution < -0.4 is 20.1 Å². The molecule has 0 saturated carbocycles. The van der Waals surface area contributed by atoms with Crippen LogP contribution in [-0.4, -0.2) is 63.7 Å². The highest BCUT2D eigenvalue weighted by Crippen LogP contribution is 2.29. The lowest BCUT2D eigenvalue weighted by Gasteiger charge is -2.32. The van der Waals surface area contributed by atoms with Crippen molar-refractivity contribution in [3.8, 4) is 11.5 Å². The zero-order valence-electron chi connectivity index (χ0n) is 16.2. The van der Waals surface area contributed by atoms with E-state index in [0.717, 1.165) is 0 Å². The van der Waals surface area contributed by atoms with Crippen molar-refractivity contribution in [3.63, 3.8) is 0 Å². The van der Waals surface area contributed by atoms with Crippen molar-refractivity contribution in [1.82, 2.24) is 0 Å². The summed E-state index contributed by atoms with van der Waals surface area (Å²) in [4.78, 5) is 14.6. The molecule has 1 saturated heterocycles. The molecule has 1 aliphatic rings. The van der Waals surface area contributed by atoms with Gasteiger partial charge in [0.15, 0.2) is 27.1 Å². The number of hydrogen-bond donors (Lipinski definition) is 2. The molecule has 0 amide bonds. The van der Waals surface area contributed by atoms with E-state index in [4.69, 9.17) is 15.2 Å². The van der Waals surface area contributed by atoms with Crippen molar-refractivity contribution in [2.45, 2.75) is 12.1 Å². The number of benzene rings is 2. The number of nitrogens with zero attached hydrogens (tertiary/aromatic N) is 1. The molecule has 0 aliphatic carbocycles. The molecule has 2 atom stereocenters. The summed E-state index contributed by atoms with van der Waals surface area (Å²) in [6.45, 7) is -0.114. The summed E-state index contributed by atoms with van der Waals surface area (Å²) in [6, 6.07) is 10.8. The van der Waals surface area contributed by atoms with Crippen LogP contribution >= 0.6 is 0 Å². The summed E-state index contributed by atoms with van der Waals surface area (Å²) in [6.07, 6.45) is -1.09. The number of nitrogen functional groups attached to an aromatic ring is 1. The molecule has 156 valence electrons. The standard InChI is InChI=1S/C20H24N2O6S/c1-27-19-8-3-13(9-20(19)28-2)17(23)10-22(15-6-4-14(21)5-7-15)16-11-29(25,26)12-18(16)24/h3-9,16,18,24H,10-12,21H2,1-2H3/t16-,18+/m0/s1. The topological polar surface area (TPSA) is 119 Å². The van der Waals surface area contributed by atoms with Crippen LogP contribution in [0, 0.1) is 0 Å². The number of carbonyl (C=O) groups is 1. The lowest BCUT2D eigenvalue weighted by molar-refractivity contribution is 0.0990. The van der Waals surface area contributed by atoms with Gasteiger partial charge in [-0.1, -0.05) is 0 Å². The Morgan fingerprint density at radius 3 is 2.31 bits per heavy atom. The van der Waals surface area contributed by atoms with Crippen LogP contribution in [0.15, 0.2) is 42.5 Å². The van der Waals surface area contributed by atoms with Crippen molar-refractivity contribution in [2.75, 3.05) is 42.9 Å². The number of nitrogens with two attached hydrogens (primary N) is 1. The van der Waals surface area contributed by atoms with Crippen LogP contribution in [0.1, 0.15) is 10.4 Å². The molecule has 1 aliphatic heterocycles. The second-order valence-corrected chi connectivity index (χ2v) is 9.08. The fourth-order valence-electron chi connectivity index (χ4n) is 3.43. The Kier molecular flexibility index (Phi) is 5.99. The van der Waals surface area contributed by atoms with E-state index in [0.29, 0.717) is 28.4 Å². The van der Waals surface area contributed by atoms with Crippen molar-refractivity contribution in [2.24, 2.45) is 0 Å². The van der Waals surface area contributed by atoms with E-state index in [-0.39, 0.29) is 23.8 Å². The van der Waals surface area contributed by atoms with Crippen LogP contribution in [0.4, 0.5) is 11.4 Å². The monoisotopic (exact) mass is 420 g/mol. The third kappa shape index (κ3) is 4.63. The number of methoxy groups -OCH3 is 2. The maximum absolute atomic E-state index is 13.0. The van der Waals surface area contributed by atoms with E-state index >= 15 is 0 Å². The van der Waals surface area contributed by atoms with E-state index in [1.54, 1.807) is 47.4 Å². The summed E-state index contributed by atoms with van der Waals surface area (Å²) in [5.74, 6) is 0.114. The van der Waals surface area contributed by atoms with Gasteiger partial charge >= 0.3 is 0 Å². The van der Waals surface area contributed by atoms with Gasteiger partial charge in [-0.3, -0.25) is 4.79 Å². The molecule has 8 nitrogen and oxygen atoms in total. The number of sulfone groups is 1. The smallest absolute Gasteiger partial charge is 0.182 e. The van der Waals surface area contributed by atoms with E-state index in [9.17, 15) is 18.3 Å². The second kappa shape index (κ2) is 8.30. The summed E-state index contributed by atoms with van der Waals surface area (Å²) < 4.78 is 34.5. The number of ketones is 1. The van der Waals surface area contributed by atoms with E-state index in [1.807, 2.05) is 0 Å². The minimum Gasteiger partial charge on any atom is -0.493 e. The first kappa shape index (κ1) is 20.9. The molecular weight excluding hydrogens is 396 g/mol. The van der Waals surface area contributed by atoms with Crippen LogP contribution in [0.25, 0.3) is 0 Å². The number of aliphatic hydroxyl groups excluding tert-OH is 1. The highest BCUT2D eigenvalue weighted by Gasteiger charge is 2.40. The first-order valence-electron chi connectivity index (χ1n) is 9.00. The highest BCUT2D eigenvalue weighted by molar-refractivity contribution is 7.91. The first-order chi connectivity index (χ1) is 13.7. The van der Waals surface area contributed by atoms with Gasteiger partial charge < -0.3 is 25.2 Å². The maximum Gasteiger partial charge on any atom is 0.182 e. The first-order valence-corrected chi connectivity index (χ1v) is 10.8. The van der Waals surface area contributed by atoms with E-state index in [2.05, 4.69) is 0 Å². The Morgan fingerprint density at radius 1 is 1.10 bits per heavy atom. The number of hydrogen-bond acceptors (Lipinski definition) is 8. The van der Waals surface area contributed by atoms with E-state index < -0.39 is 22.0 Å². The molecule has 2 aromatic carbocycles. The van der Waals surface area contributed by atoms with Crippen molar-refractivity contribution < 1.29 is 27.8 Å². The number of aliphatic hydroxyl groups is 1. The fraction of sp³-hybridized carbons (Fsp3) is 0.350. The van der Waals surface area contributed by atoms with Crippen LogP contribution in [0.3, 0.4) is 0 Å². The molecule has 0 spiro atoms. The number of rotatable bonds is 7. The quantitative estimate of drug-likeness (QED) is 0.505. The van der Waals surface area contributed by atoms with Gasteiger partial charge in [-0.15, -0.1) is 0 Å². The average molecular weight is 420 g/mol. The van der Waals surface area contributed by atoms with Crippen LogP contribution in [0.2, 0.25) is 0 Å². The molecule has 29 heavy (non-hydrogen) atoms. The predicted octanol–water partition coefficient (Wildman–Crippen LogP) is 1.13. The summed E-state index contributed by atoms with van der Waals surface area (Å²) in [5.41, 5.74) is 7.28. The molecule has 2 aromatic rings. The lowest BCUT2D eigenvalue weighted by atomic mass is 10.1. The maximum atomic E-state index is 13.0. The number of anilines is 2. The van der Waals surface area contributed by atoms with Crippen molar-refractivity contribution in [1.29, 1.82) is 0 Å². The SMILES string of the molecule is COc1ccc(C(=O)CN(c2ccc(N)cc2)[C@H]2CS(=O)(=O)C[C@H]2O)cc1OC. The van der Waals surface area contributed by atoms with Crippen LogP contribution in [-0.2, 0) is 9.84 Å². The van der Waals surface area contributed by atoms with Gasteiger partial charge in [0, 0.05) is 16.9 Å². The Hall–Kier alpha value is -2.78. The predicted molar refractivity (Wildman–Crippen MR) is 111 cm³/mol. The zero-order valence-corrected chi connectivity index (χ0v) is 17.1. The average Bonchev–Trinajstić information content (AvgIpc) is 2.98. The van der Waals surface area contributed by atoms with Crippen molar-refractivity contribution in [3.05, 3.63) is 48.0 Å². The van der Waals surface area contributed by atoms with Gasteiger partial charge in [-0.05, 0) is 42.5 Å². The Labute approximate surface area is 169 Å². The van der Waals surface area contributed by atoms with Gasteiger partial charge in [0.2, 0.25) is 0 Å². The molecule has 3 rings (SSSR count). The van der Waals surface area contributed by atoms with Gasteiger partial charge in [0.1, 0.15) is 0 Å². The van der Waals surface area contributed by atoms with Gasteiger partial charge in [0.05, 0.1) is 44.4 Å². The largest absolute Gasteiger partial charge is 0.493 e. The Balaban J connectivity index is 1.93. The lowest BCUT2D eigenvalue weighted by Crippen LogP contribution is -2.46. The molecule has 0 radical (unpaired) electrons.